The molecule has 3 nitrogen and oxygen atoms in total. The number of nitrogens with zero attached hydrogens (tertiary/aromatic N) is 3. The summed E-state index contributed by atoms with van der Waals surface area (Å²) in [6.45, 7) is 0.940. The Labute approximate surface area is 104 Å². The summed E-state index contributed by atoms with van der Waals surface area (Å²) < 4.78 is 0. The summed E-state index contributed by atoms with van der Waals surface area (Å²) in [5, 5.41) is 9.08. The van der Waals surface area contributed by atoms with Crippen molar-refractivity contribution in [1.29, 1.82) is 5.26 Å². The molecule has 2 heterocycles. The first-order chi connectivity index (χ1) is 8.40. The van der Waals surface area contributed by atoms with Gasteiger partial charge in [-0.1, -0.05) is 18.2 Å². The van der Waals surface area contributed by atoms with Gasteiger partial charge in [-0.05, 0) is 24.5 Å². The molecule has 0 N–H and O–H groups in total. The maximum atomic E-state index is 9.08. The summed E-state index contributed by atoms with van der Waals surface area (Å²) in [5.74, 6) is 0.810. The Bertz CT molecular complexity index is 582. The minimum atomic E-state index is 0.696. The lowest BCUT2D eigenvalue weighted by Crippen LogP contribution is -2.25. The van der Waals surface area contributed by atoms with E-state index in [-0.39, 0.29) is 0 Å². The second kappa shape index (κ2) is 4.19. The molecule has 0 radical (unpaired) electrons. The highest BCUT2D eigenvalue weighted by atomic mass is 32.1. The van der Waals surface area contributed by atoms with Crippen molar-refractivity contribution in [2.75, 3.05) is 11.4 Å². The molecule has 0 fully saturated rings. The molecule has 2 aromatic rings. The van der Waals surface area contributed by atoms with Crippen LogP contribution in [0, 0.1) is 11.3 Å². The number of fused-ring (bicyclic) bond motifs is 1. The smallest absolute Gasteiger partial charge is 0.162 e. The van der Waals surface area contributed by atoms with Crippen LogP contribution in [0.25, 0.3) is 0 Å². The highest BCUT2D eigenvalue weighted by molar-refractivity contribution is 7.10. The van der Waals surface area contributed by atoms with E-state index >= 15 is 0 Å². The van der Waals surface area contributed by atoms with E-state index in [1.54, 1.807) is 5.51 Å². The molecule has 4 heteroatoms. The Morgan fingerprint density at radius 2 is 2.24 bits per heavy atom. The molecule has 0 amide bonds. The molecule has 0 unspecified atom stereocenters. The van der Waals surface area contributed by atoms with Gasteiger partial charge in [-0.2, -0.15) is 5.26 Å². The van der Waals surface area contributed by atoms with Crippen LogP contribution in [0.4, 0.5) is 11.5 Å². The van der Waals surface area contributed by atoms with E-state index in [0.717, 1.165) is 25.2 Å². The predicted octanol–water partition coefficient (Wildman–Crippen LogP) is 3.10. The van der Waals surface area contributed by atoms with Crippen molar-refractivity contribution in [1.82, 2.24) is 4.98 Å². The van der Waals surface area contributed by atoms with Gasteiger partial charge in [0.15, 0.2) is 5.82 Å². The molecule has 0 saturated carbocycles. The van der Waals surface area contributed by atoms with Gasteiger partial charge in [0.2, 0.25) is 0 Å². The molecule has 3 rings (SSSR count). The van der Waals surface area contributed by atoms with Crippen molar-refractivity contribution < 1.29 is 0 Å². The van der Waals surface area contributed by atoms with Crippen molar-refractivity contribution >= 4 is 22.8 Å². The van der Waals surface area contributed by atoms with Gasteiger partial charge in [-0.25, -0.2) is 4.98 Å². The topological polar surface area (TPSA) is 39.9 Å². The minimum Gasteiger partial charge on any atom is -0.324 e. The Morgan fingerprint density at radius 3 is 3.12 bits per heavy atom. The lowest BCUT2D eigenvalue weighted by molar-refractivity contribution is 0.761. The van der Waals surface area contributed by atoms with E-state index in [9.17, 15) is 0 Å². The molecule has 0 atom stereocenters. The van der Waals surface area contributed by atoms with Crippen molar-refractivity contribution in [2.45, 2.75) is 12.8 Å². The third-order valence-corrected chi connectivity index (χ3v) is 3.74. The van der Waals surface area contributed by atoms with Crippen LogP contribution in [0.5, 0.6) is 0 Å². The summed E-state index contributed by atoms with van der Waals surface area (Å²) in [4.78, 5) is 7.19. The first-order valence-electron chi connectivity index (χ1n) is 5.59. The zero-order valence-electron chi connectivity index (χ0n) is 9.26. The predicted molar refractivity (Wildman–Crippen MR) is 68.6 cm³/mol. The van der Waals surface area contributed by atoms with Crippen LogP contribution in [0.3, 0.4) is 0 Å². The van der Waals surface area contributed by atoms with Gasteiger partial charge < -0.3 is 4.90 Å². The van der Waals surface area contributed by atoms with E-state index in [4.69, 9.17) is 5.26 Å². The zero-order valence-corrected chi connectivity index (χ0v) is 10.1. The molecule has 17 heavy (non-hydrogen) atoms. The fraction of sp³-hybridized carbons (Fsp3) is 0.231. The molecule has 1 aromatic carbocycles. The van der Waals surface area contributed by atoms with Crippen LogP contribution in [0.2, 0.25) is 0 Å². The molecule has 0 bridgehead atoms. The Kier molecular flexibility index (Phi) is 2.54. The number of hydrogen-bond acceptors (Lipinski definition) is 4. The van der Waals surface area contributed by atoms with Crippen LogP contribution in [0.1, 0.15) is 16.9 Å². The molecule has 1 aromatic heterocycles. The summed E-state index contributed by atoms with van der Waals surface area (Å²) in [5.41, 5.74) is 4.28. The van der Waals surface area contributed by atoms with E-state index in [1.165, 1.54) is 22.6 Å². The van der Waals surface area contributed by atoms with Crippen molar-refractivity contribution in [3.05, 3.63) is 40.2 Å². The fourth-order valence-electron chi connectivity index (χ4n) is 2.26. The van der Waals surface area contributed by atoms with E-state index in [0.29, 0.717) is 4.88 Å². The quantitative estimate of drug-likeness (QED) is 0.770. The van der Waals surface area contributed by atoms with Crippen molar-refractivity contribution in [2.24, 2.45) is 0 Å². The number of thiazole rings is 1. The first kappa shape index (κ1) is 10.3. The molecule has 0 spiro atoms. The fourth-order valence-corrected chi connectivity index (χ4v) is 2.84. The van der Waals surface area contributed by atoms with E-state index < -0.39 is 0 Å². The lowest BCUT2D eigenvalue weighted by atomic mass is 10.0. The second-order valence-electron chi connectivity index (χ2n) is 4.00. The number of rotatable bonds is 1. The van der Waals surface area contributed by atoms with E-state index in [2.05, 4.69) is 34.2 Å². The third-order valence-electron chi connectivity index (χ3n) is 3.02. The van der Waals surface area contributed by atoms with Gasteiger partial charge in [-0.15, -0.1) is 11.3 Å². The number of aryl methyl sites for hydroxylation is 1. The molecule has 1 aliphatic heterocycles. The normalized spacial score (nSPS) is 14.2. The third kappa shape index (κ3) is 1.69. The van der Waals surface area contributed by atoms with Gasteiger partial charge in [0.05, 0.1) is 5.51 Å². The van der Waals surface area contributed by atoms with Crippen LogP contribution in [-0.4, -0.2) is 11.5 Å². The molecular formula is C13H11N3S. The maximum absolute atomic E-state index is 9.08. The van der Waals surface area contributed by atoms with Gasteiger partial charge in [0.25, 0.3) is 0 Å². The molecule has 84 valence electrons. The van der Waals surface area contributed by atoms with Crippen LogP contribution >= 0.6 is 11.3 Å². The Hall–Kier alpha value is -1.86. The first-order valence-corrected chi connectivity index (χ1v) is 6.47. The summed E-state index contributed by atoms with van der Waals surface area (Å²) >= 11 is 1.40. The number of nitriles is 1. The molecular weight excluding hydrogens is 230 g/mol. The van der Waals surface area contributed by atoms with E-state index in [1.807, 2.05) is 6.07 Å². The average molecular weight is 241 g/mol. The highest BCUT2D eigenvalue weighted by Crippen LogP contribution is 2.34. The summed E-state index contributed by atoms with van der Waals surface area (Å²) in [6.07, 6.45) is 2.22. The lowest BCUT2D eigenvalue weighted by Gasteiger charge is -2.29. The van der Waals surface area contributed by atoms with Crippen molar-refractivity contribution in [3.8, 4) is 6.07 Å². The number of para-hydroxylation sites is 1. The monoisotopic (exact) mass is 241 g/mol. The zero-order chi connectivity index (χ0) is 11.7. The molecule has 0 aliphatic carbocycles. The van der Waals surface area contributed by atoms with Gasteiger partial charge in [-0.3, -0.25) is 0 Å². The number of benzene rings is 1. The number of hydrogen-bond donors (Lipinski definition) is 0. The average Bonchev–Trinajstić information content (AvgIpc) is 2.86. The number of anilines is 2. The maximum Gasteiger partial charge on any atom is 0.162 e. The second-order valence-corrected chi connectivity index (χ2v) is 4.86. The Morgan fingerprint density at radius 1 is 1.35 bits per heavy atom. The van der Waals surface area contributed by atoms with Crippen molar-refractivity contribution in [3.63, 3.8) is 0 Å². The van der Waals surface area contributed by atoms with Gasteiger partial charge >= 0.3 is 0 Å². The SMILES string of the molecule is N#Cc1scnc1N1CCCc2ccccc21. The molecule has 0 saturated heterocycles. The largest absolute Gasteiger partial charge is 0.324 e. The summed E-state index contributed by atoms with van der Waals surface area (Å²) in [7, 11) is 0. The highest BCUT2D eigenvalue weighted by Gasteiger charge is 2.21. The number of aromatic nitrogens is 1. The van der Waals surface area contributed by atoms with Crippen LogP contribution in [0.15, 0.2) is 29.8 Å². The summed E-state index contributed by atoms with van der Waals surface area (Å²) in [6, 6.07) is 10.6. The Balaban J connectivity index is 2.10. The van der Waals surface area contributed by atoms with Gasteiger partial charge in [0.1, 0.15) is 10.9 Å². The minimum absolute atomic E-state index is 0.696. The van der Waals surface area contributed by atoms with Crippen LogP contribution < -0.4 is 4.90 Å². The molecule has 1 aliphatic rings. The van der Waals surface area contributed by atoms with Gasteiger partial charge in [0, 0.05) is 12.2 Å². The standard InChI is InChI=1S/C13H11N3S/c14-8-12-13(15-9-17-12)16-7-3-5-10-4-1-2-6-11(10)16/h1-2,4,6,9H,3,5,7H2. The van der Waals surface area contributed by atoms with Crippen LogP contribution in [-0.2, 0) is 6.42 Å².